The van der Waals surface area contributed by atoms with Crippen molar-refractivity contribution in [2.24, 2.45) is 5.92 Å². The molecule has 3 rings (SSSR count). The molecule has 1 heterocycles. The number of aryl methyl sites for hydroxylation is 1. The van der Waals surface area contributed by atoms with Gasteiger partial charge in [-0.05, 0) is 61.6 Å². The Labute approximate surface area is 148 Å². The van der Waals surface area contributed by atoms with E-state index < -0.39 is 0 Å². The molecule has 1 aliphatic rings. The number of piperidine rings is 1. The summed E-state index contributed by atoms with van der Waals surface area (Å²) in [5.41, 5.74) is 3.00. The van der Waals surface area contributed by atoms with Crippen LogP contribution in [0.1, 0.15) is 46.0 Å². The Balaban J connectivity index is 1.68. The maximum atomic E-state index is 12.6. The van der Waals surface area contributed by atoms with Crippen molar-refractivity contribution in [3.05, 3.63) is 65.2 Å². The maximum Gasteiger partial charge on any atom is 0.255 e. The highest BCUT2D eigenvalue weighted by molar-refractivity contribution is 6.05. The van der Waals surface area contributed by atoms with Gasteiger partial charge in [-0.1, -0.05) is 25.1 Å². The molecule has 25 heavy (non-hydrogen) atoms. The molecule has 130 valence electrons. The number of hydrogen-bond donors (Lipinski definition) is 1. The average molecular weight is 336 g/mol. The number of hydrogen-bond acceptors (Lipinski definition) is 2. The third kappa shape index (κ3) is 4.08. The third-order valence-electron chi connectivity index (χ3n) is 4.73. The van der Waals surface area contributed by atoms with Crippen molar-refractivity contribution in [1.82, 2.24) is 4.90 Å². The van der Waals surface area contributed by atoms with Crippen molar-refractivity contribution >= 4 is 17.5 Å². The van der Waals surface area contributed by atoms with Gasteiger partial charge in [0.05, 0.1) is 0 Å². The first-order chi connectivity index (χ1) is 12.0. The molecule has 4 heteroatoms. The zero-order valence-corrected chi connectivity index (χ0v) is 14.8. The van der Waals surface area contributed by atoms with Crippen LogP contribution in [0.3, 0.4) is 0 Å². The molecule has 0 radical (unpaired) electrons. The molecule has 0 bridgehead atoms. The van der Waals surface area contributed by atoms with Gasteiger partial charge in [-0.3, -0.25) is 9.59 Å². The fourth-order valence-corrected chi connectivity index (χ4v) is 3.23. The minimum Gasteiger partial charge on any atom is -0.338 e. The van der Waals surface area contributed by atoms with E-state index >= 15 is 0 Å². The maximum absolute atomic E-state index is 12.6. The van der Waals surface area contributed by atoms with Gasteiger partial charge in [0, 0.05) is 29.9 Å². The zero-order valence-electron chi connectivity index (χ0n) is 14.8. The van der Waals surface area contributed by atoms with Gasteiger partial charge in [-0.15, -0.1) is 0 Å². The standard InChI is InChI=1S/C21H24N2O2/c1-15-6-5-13-23(14-15)21(25)18-11-9-17(10-12-18)20(24)22-19-8-4-3-7-16(19)2/h3-4,7-12,15H,5-6,13-14H2,1-2H3,(H,22,24). The van der Waals surface area contributed by atoms with Crippen LogP contribution in [-0.2, 0) is 0 Å². The Morgan fingerprint density at radius 1 is 1.04 bits per heavy atom. The normalized spacial score (nSPS) is 17.2. The molecule has 1 fully saturated rings. The SMILES string of the molecule is Cc1ccccc1NC(=O)c1ccc(C(=O)N2CCCC(C)C2)cc1. The molecule has 0 spiro atoms. The number of nitrogens with zero attached hydrogens (tertiary/aromatic N) is 1. The largest absolute Gasteiger partial charge is 0.338 e. The molecule has 2 amide bonds. The summed E-state index contributed by atoms with van der Waals surface area (Å²) in [5.74, 6) is 0.439. The van der Waals surface area contributed by atoms with Gasteiger partial charge < -0.3 is 10.2 Å². The fraction of sp³-hybridized carbons (Fsp3) is 0.333. The summed E-state index contributed by atoms with van der Waals surface area (Å²) in [6.07, 6.45) is 2.24. The monoisotopic (exact) mass is 336 g/mol. The van der Waals surface area contributed by atoms with Gasteiger partial charge in [-0.2, -0.15) is 0 Å². The lowest BCUT2D eigenvalue weighted by Gasteiger charge is -2.31. The molecule has 1 saturated heterocycles. The second kappa shape index (κ2) is 7.51. The van der Waals surface area contributed by atoms with Crippen LogP contribution in [0.4, 0.5) is 5.69 Å². The molecule has 1 N–H and O–H groups in total. The average Bonchev–Trinajstić information content (AvgIpc) is 2.63. The van der Waals surface area contributed by atoms with Gasteiger partial charge in [0.1, 0.15) is 0 Å². The number of carbonyl (C=O) groups is 2. The Morgan fingerprint density at radius 3 is 2.40 bits per heavy atom. The fourth-order valence-electron chi connectivity index (χ4n) is 3.23. The smallest absolute Gasteiger partial charge is 0.255 e. The van der Waals surface area contributed by atoms with Crippen LogP contribution < -0.4 is 5.32 Å². The van der Waals surface area contributed by atoms with E-state index in [1.807, 2.05) is 36.1 Å². The van der Waals surface area contributed by atoms with Crippen LogP contribution in [0.25, 0.3) is 0 Å². The molecule has 1 unspecified atom stereocenters. The van der Waals surface area contributed by atoms with Gasteiger partial charge >= 0.3 is 0 Å². The predicted molar refractivity (Wildman–Crippen MR) is 99.9 cm³/mol. The summed E-state index contributed by atoms with van der Waals surface area (Å²) in [6.45, 7) is 5.77. The molecule has 4 nitrogen and oxygen atoms in total. The second-order valence-electron chi connectivity index (χ2n) is 6.84. The Hall–Kier alpha value is -2.62. The van der Waals surface area contributed by atoms with E-state index in [1.54, 1.807) is 24.3 Å². The quantitative estimate of drug-likeness (QED) is 0.916. The third-order valence-corrected chi connectivity index (χ3v) is 4.73. The number of carbonyl (C=O) groups excluding carboxylic acids is 2. The van der Waals surface area contributed by atoms with Crippen LogP contribution in [0.2, 0.25) is 0 Å². The molecule has 1 aliphatic heterocycles. The first kappa shape index (κ1) is 17.2. The number of amides is 2. The minimum atomic E-state index is -0.167. The molecule has 0 saturated carbocycles. The number of anilines is 1. The van der Waals surface area contributed by atoms with E-state index in [-0.39, 0.29) is 11.8 Å². The summed E-state index contributed by atoms with van der Waals surface area (Å²) in [4.78, 5) is 26.9. The molecule has 2 aromatic carbocycles. The van der Waals surface area contributed by atoms with Crippen molar-refractivity contribution in [3.63, 3.8) is 0 Å². The van der Waals surface area contributed by atoms with Crippen molar-refractivity contribution in [2.45, 2.75) is 26.7 Å². The summed E-state index contributed by atoms with van der Waals surface area (Å²) in [6, 6.07) is 14.6. The van der Waals surface area contributed by atoms with Crippen LogP contribution in [0, 0.1) is 12.8 Å². The number of rotatable bonds is 3. The van der Waals surface area contributed by atoms with Crippen LogP contribution in [0.15, 0.2) is 48.5 Å². The Bertz CT molecular complexity index is 768. The van der Waals surface area contributed by atoms with E-state index in [0.29, 0.717) is 17.0 Å². The zero-order chi connectivity index (χ0) is 17.8. The molecular formula is C21H24N2O2. The number of nitrogens with one attached hydrogen (secondary N) is 1. The highest BCUT2D eigenvalue weighted by Crippen LogP contribution is 2.19. The molecule has 1 atom stereocenters. The summed E-state index contributed by atoms with van der Waals surface area (Å²) < 4.78 is 0. The van der Waals surface area contributed by atoms with E-state index in [4.69, 9.17) is 0 Å². The molecular weight excluding hydrogens is 312 g/mol. The van der Waals surface area contributed by atoms with E-state index in [1.165, 1.54) is 6.42 Å². The highest BCUT2D eigenvalue weighted by Gasteiger charge is 2.22. The van der Waals surface area contributed by atoms with E-state index in [0.717, 1.165) is 30.8 Å². The van der Waals surface area contributed by atoms with Crippen LogP contribution in [-0.4, -0.2) is 29.8 Å². The number of benzene rings is 2. The first-order valence-corrected chi connectivity index (χ1v) is 8.81. The van der Waals surface area contributed by atoms with Crippen molar-refractivity contribution < 1.29 is 9.59 Å². The van der Waals surface area contributed by atoms with E-state index in [2.05, 4.69) is 12.2 Å². The topological polar surface area (TPSA) is 49.4 Å². The Morgan fingerprint density at radius 2 is 1.72 bits per heavy atom. The van der Waals surface area contributed by atoms with Crippen LogP contribution in [0.5, 0.6) is 0 Å². The summed E-state index contributed by atoms with van der Waals surface area (Å²) in [7, 11) is 0. The van der Waals surface area contributed by atoms with Gasteiger partial charge in [0.15, 0.2) is 0 Å². The number of likely N-dealkylation sites (tertiary alicyclic amines) is 1. The van der Waals surface area contributed by atoms with Crippen molar-refractivity contribution in [3.8, 4) is 0 Å². The van der Waals surface area contributed by atoms with Crippen molar-refractivity contribution in [2.75, 3.05) is 18.4 Å². The lowest BCUT2D eigenvalue weighted by Crippen LogP contribution is -2.39. The minimum absolute atomic E-state index is 0.0532. The summed E-state index contributed by atoms with van der Waals surface area (Å²) in [5, 5.41) is 2.91. The second-order valence-corrected chi connectivity index (χ2v) is 6.84. The van der Waals surface area contributed by atoms with Gasteiger partial charge in [0.2, 0.25) is 0 Å². The molecule has 0 aliphatic carbocycles. The van der Waals surface area contributed by atoms with Crippen LogP contribution >= 0.6 is 0 Å². The van der Waals surface area contributed by atoms with Gasteiger partial charge in [-0.25, -0.2) is 0 Å². The van der Waals surface area contributed by atoms with Gasteiger partial charge in [0.25, 0.3) is 11.8 Å². The lowest BCUT2D eigenvalue weighted by molar-refractivity contribution is 0.0682. The molecule has 2 aromatic rings. The highest BCUT2D eigenvalue weighted by atomic mass is 16.2. The predicted octanol–water partition coefficient (Wildman–Crippen LogP) is 4.12. The summed E-state index contributed by atoms with van der Waals surface area (Å²) >= 11 is 0. The number of para-hydroxylation sites is 1. The first-order valence-electron chi connectivity index (χ1n) is 8.81. The van der Waals surface area contributed by atoms with E-state index in [9.17, 15) is 9.59 Å². The lowest BCUT2D eigenvalue weighted by atomic mass is 9.99. The van der Waals surface area contributed by atoms with Crippen molar-refractivity contribution in [1.29, 1.82) is 0 Å². The molecule has 0 aromatic heterocycles. The Kier molecular flexibility index (Phi) is 5.17.